The van der Waals surface area contributed by atoms with Crippen molar-refractivity contribution in [1.82, 2.24) is 9.78 Å². The monoisotopic (exact) mass is 438 g/mol. The number of hydrogen-bond acceptors (Lipinski definition) is 3. The molecule has 1 aromatic heterocycles. The van der Waals surface area contributed by atoms with Gasteiger partial charge in [0.25, 0.3) is 5.91 Å². The predicted octanol–water partition coefficient (Wildman–Crippen LogP) is 5.80. The van der Waals surface area contributed by atoms with Crippen LogP contribution in [0.1, 0.15) is 55.2 Å². The minimum Gasteiger partial charge on any atom is -0.326 e. The van der Waals surface area contributed by atoms with Gasteiger partial charge in [0.15, 0.2) is 0 Å². The zero-order valence-corrected chi connectivity index (χ0v) is 19.1. The van der Waals surface area contributed by atoms with Crippen LogP contribution in [-0.4, -0.2) is 21.6 Å². The molecule has 3 aromatic rings. The molecule has 3 rings (SSSR count). The highest BCUT2D eigenvalue weighted by Gasteiger charge is 2.22. The Morgan fingerprint density at radius 3 is 2.42 bits per heavy atom. The van der Waals surface area contributed by atoms with Crippen LogP contribution in [0.5, 0.6) is 0 Å². The first-order valence-corrected chi connectivity index (χ1v) is 10.6. The van der Waals surface area contributed by atoms with E-state index in [1.165, 1.54) is 0 Å². The van der Waals surface area contributed by atoms with Gasteiger partial charge in [0.1, 0.15) is 0 Å². The summed E-state index contributed by atoms with van der Waals surface area (Å²) in [5.74, 6) is -0.413. The molecular formula is C24H27ClN4O2. The molecule has 2 aromatic carbocycles. The first-order valence-electron chi connectivity index (χ1n) is 10.2. The molecule has 0 unspecified atom stereocenters. The third-order valence-corrected chi connectivity index (χ3v) is 5.16. The predicted molar refractivity (Wildman–Crippen MR) is 125 cm³/mol. The summed E-state index contributed by atoms with van der Waals surface area (Å²) in [7, 11) is 0. The average molecular weight is 439 g/mol. The molecule has 0 aliphatic rings. The Morgan fingerprint density at radius 1 is 1.03 bits per heavy atom. The molecule has 0 spiro atoms. The number of hydrogen-bond donors (Lipinski definition) is 2. The normalized spacial score (nSPS) is 11.1. The number of amides is 2. The Bertz CT molecular complexity index is 1120. The molecule has 7 heteroatoms. The lowest BCUT2D eigenvalue weighted by Gasteiger charge is -2.15. The molecule has 1 heterocycles. The van der Waals surface area contributed by atoms with Crippen LogP contribution in [0.15, 0.2) is 48.7 Å². The summed E-state index contributed by atoms with van der Waals surface area (Å²) in [6, 6.07) is 12.8. The molecule has 0 radical (unpaired) electrons. The van der Waals surface area contributed by atoms with E-state index >= 15 is 0 Å². The first kappa shape index (κ1) is 22.6. The van der Waals surface area contributed by atoms with E-state index in [0.29, 0.717) is 22.0 Å². The van der Waals surface area contributed by atoms with Gasteiger partial charge in [-0.25, -0.2) is 4.68 Å². The summed E-state index contributed by atoms with van der Waals surface area (Å²) < 4.78 is 1.75. The number of aryl methyl sites for hydroxylation is 1. The third-order valence-electron chi connectivity index (χ3n) is 4.93. The Morgan fingerprint density at radius 2 is 1.77 bits per heavy atom. The summed E-state index contributed by atoms with van der Waals surface area (Å²) in [6.45, 7) is 9.60. The van der Waals surface area contributed by atoms with Gasteiger partial charge >= 0.3 is 0 Å². The van der Waals surface area contributed by atoms with Crippen LogP contribution in [0.4, 0.5) is 11.4 Å². The van der Waals surface area contributed by atoms with Gasteiger partial charge in [0.05, 0.1) is 23.1 Å². The van der Waals surface area contributed by atoms with Crippen LogP contribution < -0.4 is 10.6 Å². The Kier molecular flexibility index (Phi) is 6.81. The second-order valence-electron chi connectivity index (χ2n) is 8.12. The van der Waals surface area contributed by atoms with Crippen molar-refractivity contribution in [2.24, 2.45) is 5.92 Å². The number of rotatable bonds is 6. The highest BCUT2D eigenvalue weighted by Crippen LogP contribution is 2.27. The highest BCUT2D eigenvalue weighted by molar-refractivity contribution is 6.30. The number of nitrogens with one attached hydrogen (secondary N) is 2. The largest absolute Gasteiger partial charge is 0.326 e. The van der Waals surface area contributed by atoms with E-state index in [1.807, 2.05) is 65.0 Å². The second-order valence-corrected chi connectivity index (χ2v) is 8.55. The van der Waals surface area contributed by atoms with Crippen molar-refractivity contribution in [2.75, 3.05) is 10.6 Å². The van der Waals surface area contributed by atoms with E-state index in [4.69, 9.17) is 11.6 Å². The van der Waals surface area contributed by atoms with E-state index in [-0.39, 0.29) is 23.7 Å². The van der Waals surface area contributed by atoms with E-state index in [1.54, 1.807) is 23.0 Å². The van der Waals surface area contributed by atoms with Gasteiger partial charge in [-0.3, -0.25) is 9.59 Å². The quantitative estimate of drug-likeness (QED) is 0.510. The maximum Gasteiger partial charge on any atom is 0.259 e. The molecule has 0 bridgehead atoms. The smallest absolute Gasteiger partial charge is 0.259 e. The maximum atomic E-state index is 13.2. The molecule has 0 atom stereocenters. The van der Waals surface area contributed by atoms with Crippen molar-refractivity contribution in [3.8, 4) is 5.69 Å². The highest BCUT2D eigenvalue weighted by atomic mass is 35.5. The van der Waals surface area contributed by atoms with Crippen LogP contribution in [0, 0.1) is 12.8 Å². The lowest BCUT2D eigenvalue weighted by Crippen LogP contribution is -2.19. The van der Waals surface area contributed by atoms with Gasteiger partial charge in [-0.1, -0.05) is 51.4 Å². The summed E-state index contributed by atoms with van der Waals surface area (Å²) in [4.78, 5) is 25.2. The average Bonchev–Trinajstić information content (AvgIpc) is 3.16. The summed E-state index contributed by atoms with van der Waals surface area (Å²) >= 11 is 6.14. The SMILES string of the molecule is Cc1ccc(NC(=O)C(C)C)cc1NC(=O)c1cnn(-c2cccc(Cl)c2)c1C(C)C. The molecule has 6 nitrogen and oxygen atoms in total. The van der Waals surface area contributed by atoms with Crippen molar-refractivity contribution >= 4 is 34.8 Å². The molecule has 2 amide bonds. The van der Waals surface area contributed by atoms with Gasteiger partial charge < -0.3 is 10.6 Å². The second kappa shape index (κ2) is 9.35. The fraction of sp³-hybridized carbons (Fsp3) is 0.292. The molecule has 162 valence electrons. The summed E-state index contributed by atoms with van der Waals surface area (Å²) in [5, 5.41) is 10.9. The number of benzene rings is 2. The van der Waals surface area contributed by atoms with Crippen LogP contribution in [-0.2, 0) is 4.79 Å². The van der Waals surface area contributed by atoms with Crippen LogP contribution in [0.2, 0.25) is 5.02 Å². The molecule has 0 saturated heterocycles. The maximum absolute atomic E-state index is 13.2. The van der Waals surface area contributed by atoms with E-state index in [2.05, 4.69) is 15.7 Å². The Balaban J connectivity index is 1.91. The van der Waals surface area contributed by atoms with Crippen LogP contribution in [0.3, 0.4) is 0 Å². The molecule has 31 heavy (non-hydrogen) atoms. The summed E-state index contributed by atoms with van der Waals surface area (Å²) in [6.07, 6.45) is 1.57. The lowest BCUT2D eigenvalue weighted by atomic mass is 10.0. The number of halogens is 1. The fourth-order valence-electron chi connectivity index (χ4n) is 3.21. The number of anilines is 2. The summed E-state index contributed by atoms with van der Waals surface area (Å²) in [5.41, 5.74) is 4.25. The molecule has 0 aliphatic carbocycles. The molecule has 0 saturated carbocycles. The van der Waals surface area contributed by atoms with Gasteiger partial charge in [0.2, 0.25) is 5.91 Å². The van der Waals surface area contributed by atoms with Crippen molar-refractivity contribution < 1.29 is 9.59 Å². The van der Waals surface area contributed by atoms with Gasteiger partial charge in [-0.15, -0.1) is 0 Å². The number of carbonyl (C=O) groups is 2. The van der Waals surface area contributed by atoms with Crippen molar-refractivity contribution in [3.63, 3.8) is 0 Å². The third kappa shape index (κ3) is 5.14. The number of nitrogens with zero attached hydrogens (tertiary/aromatic N) is 2. The van der Waals surface area contributed by atoms with Gasteiger partial charge in [-0.2, -0.15) is 5.10 Å². The number of aromatic nitrogens is 2. The molecule has 0 aliphatic heterocycles. The first-order chi connectivity index (χ1) is 14.7. The van der Waals surface area contributed by atoms with E-state index < -0.39 is 0 Å². The van der Waals surface area contributed by atoms with E-state index in [0.717, 1.165) is 16.9 Å². The molecule has 0 fully saturated rings. The fourth-order valence-corrected chi connectivity index (χ4v) is 3.40. The Hall–Kier alpha value is -3.12. The van der Waals surface area contributed by atoms with E-state index in [9.17, 15) is 9.59 Å². The zero-order chi connectivity index (χ0) is 22.7. The minimum absolute atomic E-state index is 0.0555. The van der Waals surface area contributed by atoms with Gasteiger partial charge in [0, 0.05) is 22.3 Å². The minimum atomic E-state index is -0.257. The number of carbonyl (C=O) groups excluding carboxylic acids is 2. The van der Waals surface area contributed by atoms with Crippen molar-refractivity contribution in [3.05, 3.63) is 70.5 Å². The Labute approximate surface area is 187 Å². The topological polar surface area (TPSA) is 76.0 Å². The standard InChI is InChI=1S/C24H27ClN4O2/c1-14(2)22-20(13-26-29(22)19-8-6-7-17(25)11-19)24(31)28-21-12-18(10-9-16(21)5)27-23(30)15(3)4/h6-15H,1-5H3,(H,27,30)(H,28,31). The van der Waals surface area contributed by atoms with Crippen molar-refractivity contribution in [2.45, 2.75) is 40.5 Å². The zero-order valence-electron chi connectivity index (χ0n) is 18.4. The molecular weight excluding hydrogens is 412 g/mol. The van der Waals surface area contributed by atoms with Gasteiger partial charge in [-0.05, 0) is 48.7 Å². The van der Waals surface area contributed by atoms with Crippen molar-refractivity contribution in [1.29, 1.82) is 0 Å². The molecule has 2 N–H and O–H groups in total. The lowest BCUT2D eigenvalue weighted by molar-refractivity contribution is -0.118. The van der Waals surface area contributed by atoms with Crippen LogP contribution in [0.25, 0.3) is 5.69 Å². The van der Waals surface area contributed by atoms with Crippen LogP contribution >= 0.6 is 11.6 Å².